The van der Waals surface area contributed by atoms with Gasteiger partial charge in [0.2, 0.25) is 0 Å². The molecular weight excluding hydrogens is 196 g/mol. The van der Waals surface area contributed by atoms with Gasteiger partial charge in [-0.2, -0.15) is 0 Å². The molecule has 0 atom stereocenters. The second-order valence-electron chi connectivity index (χ2n) is 4.01. The van der Waals surface area contributed by atoms with E-state index in [9.17, 15) is 0 Å². The molecule has 0 aromatic carbocycles. The van der Waals surface area contributed by atoms with Crippen molar-refractivity contribution in [3.63, 3.8) is 0 Å². The summed E-state index contributed by atoms with van der Waals surface area (Å²) in [6, 6.07) is 0. The molecule has 78 valence electrons. The van der Waals surface area contributed by atoms with Gasteiger partial charge in [-0.25, -0.2) is 4.98 Å². The molecule has 0 radical (unpaired) electrons. The first-order valence-corrected chi connectivity index (χ1v) is 5.81. The molecule has 2 heterocycles. The van der Waals surface area contributed by atoms with Crippen molar-refractivity contribution in [1.29, 1.82) is 0 Å². The molecule has 1 aliphatic heterocycles. The van der Waals surface area contributed by atoms with Crippen LogP contribution in [0.4, 0.5) is 0 Å². The Morgan fingerprint density at radius 1 is 1.64 bits per heavy atom. The third kappa shape index (κ3) is 2.13. The Bertz CT molecular complexity index is 307. The Kier molecular flexibility index (Phi) is 2.85. The number of aromatic nitrogens is 1. The Balaban J connectivity index is 1.75. The van der Waals surface area contributed by atoms with Crippen molar-refractivity contribution >= 4 is 11.3 Å². The monoisotopic (exact) mass is 212 g/mol. The molecule has 14 heavy (non-hydrogen) atoms. The fourth-order valence-corrected chi connectivity index (χ4v) is 2.30. The van der Waals surface area contributed by atoms with E-state index in [0.717, 1.165) is 31.8 Å². The maximum Gasteiger partial charge on any atom is 0.0901 e. The van der Waals surface area contributed by atoms with Gasteiger partial charge in [-0.15, -0.1) is 11.3 Å². The zero-order valence-corrected chi connectivity index (χ0v) is 9.49. The molecule has 2 rings (SSSR count). The Hall–Kier alpha value is -0.450. The quantitative estimate of drug-likeness (QED) is 0.818. The van der Waals surface area contributed by atoms with Gasteiger partial charge in [0.1, 0.15) is 0 Å². The molecule has 0 bridgehead atoms. The van der Waals surface area contributed by atoms with E-state index in [1.807, 2.05) is 5.51 Å². The maximum absolute atomic E-state index is 5.81. The molecule has 0 unspecified atom stereocenters. The van der Waals surface area contributed by atoms with Crippen molar-refractivity contribution in [2.45, 2.75) is 25.9 Å². The van der Waals surface area contributed by atoms with Crippen LogP contribution >= 0.6 is 11.3 Å². The third-order valence-electron chi connectivity index (χ3n) is 2.62. The van der Waals surface area contributed by atoms with Crippen LogP contribution in [0.15, 0.2) is 5.51 Å². The van der Waals surface area contributed by atoms with Crippen molar-refractivity contribution in [3.05, 3.63) is 16.1 Å². The van der Waals surface area contributed by atoms with E-state index in [4.69, 9.17) is 4.74 Å². The minimum atomic E-state index is 0.0819. The van der Waals surface area contributed by atoms with Crippen LogP contribution < -0.4 is 5.32 Å². The first-order valence-electron chi connectivity index (χ1n) is 4.93. The Morgan fingerprint density at radius 3 is 2.93 bits per heavy atom. The van der Waals surface area contributed by atoms with Crippen LogP contribution in [0.3, 0.4) is 0 Å². The van der Waals surface area contributed by atoms with Gasteiger partial charge >= 0.3 is 0 Å². The van der Waals surface area contributed by atoms with Crippen molar-refractivity contribution in [2.75, 3.05) is 19.7 Å². The molecule has 3 nitrogen and oxygen atoms in total. The largest absolute Gasteiger partial charge is 0.372 e. The highest BCUT2D eigenvalue weighted by Gasteiger charge is 2.32. The van der Waals surface area contributed by atoms with E-state index in [1.165, 1.54) is 4.88 Å². The zero-order valence-electron chi connectivity index (χ0n) is 8.67. The Morgan fingerprint density at radius 2 is 2.43 bits per heavy atom. The smallest absolute Gasteiger partial charge is 0.0901 e. The summed E-state index contributed by atoms with van der Waals surface area (Å²) in [5.74, 6) is 0. The summed E-state index contributed by atoms with van der Waals surface area (Å²) >= 11 is 1.72. The van der Waals surface area contributed by atoms with E-state index in [2.05, 4.69) is 24.1 Å². The summed E-state index contributed by atoms with van der Waals surface area (Å²) in [4.78, 5) is 5.56. The van der Waals surface area contributed by atoms with Crippen LogP contribution in [0, 0.1) is 6.92 Å². The summed E-state index contributed by atoms with van der Waals surface area (Å²) in [6.07, 6.45) is 0.992. The van der Waals surface area contributed by atoms with Gasteiger partial charge in [-0.1, -0.05) is 0 Å². The van der Waals surface area contributed by atoms with E-state index >= 15 is 0 Å². The first kappa shape index (κ1) is 10.1. The minimum Gasteiger partial charge on any atom is -0.372 e. The lowest BCUT2D eigenvalue weighted by Gasteiger charge is -2.39. The van der Waals surface area contributed by atoms with Gasteiger partial charge < -0.3 is 10.1 Å². The average molecular weight is 212 g/mol. The maximum atomic E-state index is 5.81. The summed E-state index contributed by atoms with van der Waals surface area (Å²) in [7, 11) is 0. The number of nitrogens with zero attached hydrogens (tertiary/aromatic N) is 1. The number of aryl methyl sites for hydroxylation is 1. The van der Waals surface area contributed by atoms with Crippen molar-refractivity contribution < 1.29 is 4.74 Å². The van der Waals surface area contributed by atoms with E-state index < -0.39 is 0 Å². The van der Waals surface area contributed by atoms with E-state index in [1.54, 1.807) is 11.3 Å². The van der Waals surface area contributed by atoms with E-state index in [0.29, 0.717) is 0 Å². The molecule has 0 saturated carbocycles. The molecule has 0 spiro atoms. The van der Waals surface area contributed by atoms with Crippen molar-refractivity contribution in [3.8, 4) is 0 Å². The number of thiazole rings is 1. The predicted octanol–water partition coefficient (Wildman–Crippen LogP) is 1.37. The van der Waals surface area contributed by atoms with Gasteiger partial charge in [-0.3, -0.25) is 0 Å². The number of rotatable bonds is 4. The van der Waals surface area contributed by atoms with Gasteiger partial charge in [0.15, 0.2) is 0 Å². The van der Waals surface area contributed by atoms with Crippen LogP contribution in [0.25, 0.3) is 0 Å². The van der Waals surface area contributed by atoms with Crippen LogP contribution in [0.1, 0.15) is 17.5 Å². The molecule has 0 amide bonds. The lowest BCUT2D eigenvalue weighted by molar-refractivity contribution is -0.0650. The fourth-order valence-electron chi connectivity index (χ4n) is 1.54. The molecule has 1 aromatic rings. The molecule has 1 aromatic heterocycles. The average Bonchev–Trinajstić information content (AvgIpc) is 2.49. The van der Waals surface area contributed by atoms with Gasteiger partial charge in [0, 0.05) is 24.4 Å². The molecule has 1 N–H and O–H groups in total. The molecule has 1 fully saturated rings. The van der Waals surface area contributed by atoms with Gasteiger partial charge in [0.05, 0.1) is 23.4 Å². The molecular formula is C10H16N2OS. The summed E-state index contributed by atoms with van der Waals surface area (Å²) in [6.45, 7) is 6.98. The second kappa shape index (κ2) is 3.96. The highest BCUT2D eigenvalue weighted by atomic mass is 32.1. The first-order chi connectivity index (χ1) is 6.70. The topological polar surface area (TPSA) is 34.1 Å². The Labute approximate surface area is 88.5 Å². The standard InChI is InChI=1S/C10H16N2OS/c1-8-9(14-7-12-8)3-4-13-10(2)5-11-6-10/h7,11H,3-6H2,1-2H3. The molecule has 0 aliphatic carbocycles. The minimum absolute atomic E-state index is 0.0819. The van der Waals surface area contributed by atoms with Crippen LogP contribution in [0.2, 0.25) is 0 Å². The summed E-state index contributed by atoms with van der Waals surface area (Å²) in [5, 5.41) is 3.22. The van der Waals surface area contributed by atoms with E-state index in [-0.39, 0.29) is 5.60 Å². The van der Waals surface area contributed by atoms with Crippen molar-refractivity contribution in [1.82, 2.24) is 10.3 Å². The van der Waals surface area contributed by atoms with Crippen LogP contribution in [0.5, 0.6) is 0 Å². The van der Waals surface area contributed by atoms with Gasteiger partial charge in [0.25, 0.3) is 0 Å². The predicted molar refractivity (Wildman–Crippen MR) is 57.8 cm³/mol. The number of hydrogen-bond acceptors (Lipinski definition) is 4. The lowest BCUT2D eigenvalue weighted by atomic mass is 10.0. The third-order valence-corrected chi connectivity index (χ3v) is 3.62. The molecule has 1 aliphatic rings. The normalized spacial score (nSPS) is 19.3. The zero-order chi connectivity index (χ0) is 10.0. The lowest BCUT2D eigenvalue weighted by Crippen LogP contribution is -2.59. The SMILES string of the molecule is Cc1ncsc1CCOC1(C)CNC1. The van der Waals surface area contributed by atoms with Gasteiger partial charge in [-0.05, 0) is 13.8 Å². The summed E-state index contributed by atoms with van der Waals surface area (Å²) in [5.41, 5.74) is 3.13. The number of ether oxygens (including phenoxy) is 1. The fraction of sp³-hybridized carbons (Fsp3) is 0.700. The number of nitrogens with one attached hydrogen (secondary N) is 1. The second-order valence-corrected chi connectivity index (χ2v) is 4.95. The van der Waals surface area contributed by atoms with Crippen molar-refractivity contribution in [2.24, 2.45) is 0 Å². The highest BCUT2D eigenvalue weighted by Crippen LogP contribution is 2.17. The molecule has 1 saturated heterocycles. The molecule has 4 heteroatoms. The van der Waals surface area contributed by atoms with Crippen LogP contribution in [-0.4, -0.2) is 30.3 Å². The summed E-state index contributed by atoms with van der Waals surface area (Å²) < 4.78 is 5.81. The number of hydrogen-bond donors (Lipinski definition) is 1. The highest BCUT2D eigenvalue weighted by molar-refractivity contribution is 7.09. The van der Waals surface area contributed by atoms with Crippen LogP contribution in [-0.2, 0) is 11.2 Å².